The quantitative estimate of drug-likeness (QED) is 0.353. The van der Waals surface area contributed by atoms with Gasteiger partial charge in [0.05, 0.1) is 11.3 Å². The van der Waals surface area contributed by atoms with Crippen molar-refractivity contribution in [3.63, 3.8) is 0 Å². The van der Waals surface area contributed by atoms with Crippen LogP contribution in [-0.2, 0) is 10.9 Å². The second-order valence-corrected chi connectivity index (χ2v) is 10.1. The molecule has 1 aliphatic rings. The summed E-state index contributed by atoms with van der Waals surface area (Å²) < 4.78 is 52.6. The second-order valence-electron chi connectivity index (χ2n) is 10.1. The Balaban J connectivity index is 1.38. The molecule has 1 N–H and O–H groups in total. The zero-order valence-corrected chi connectivity index (χ0v) is 21.1. The van der Waals surface area contributed by atoms with Crippen LogP contribution in [0.25, 0.3) is 28.5 Å². The highest BCUT2D eigenvalue weighted by atomic mass is 19.4. The molecule has 1 saturated heterocycles. The Morgan fingerprint density at radius 3 is 2.61 bits per heavy atom. The third kappa shape index (κ3) is 5.43. The van der Waals surface area contributed by atoms with E-state index in [1.807, 2.05) is 20.8 Å². The largest absolute Gasteiger partial charge is 0.444 e. The van der Waals surface area contributed by atoms with Crippen LogP contribution in [0.15, 0.2) is 53.4 Å². The Labute approximate surface area is 216 Å². The number of hydrogen-bond donors (Lipinski definition) is 1. The number of aromatic nitrogens is 4. The standard InChI is InChI=1S/C26H27F3N6O3/c1-25(2,3)38-24(36)34-11-8-18(9-12-34)31-22-30-10-7-19(32-22)21-20(33-23-35(21)13-14-37-23)16-5-4-6-17(15-16)26(27,28)29/h4-7,10,13-15,18H,8-9,11-12H2,1-3H3,(H,30,31,32). The first kappa shape index (κ1) is 25.6. The Morgan fingerprint density at radius 2 is 1.89 bits per heavy atom. The van der Waals surface area contributed by atoms with E-state index in [1.165, 1.54) is 12.3 Å². The maximum absolute atomic E-state index is 13.4. The predicted octanol–water partition coefficient (Wildman–Crippen LogP) is 5.88. The van der Waals surface area contributed by atoms with E-state index in [1.54, 1.807) is 33.8 Å². The number of anilines is 1. The number of rotatable bonds is 4. The summed E-state index contributed by atoms with van der Waals surface area (Å²) in [4.78, 5) is 27.4. The van der Waals surface area contributed by atoms with Gasteiger partial charge in [-0.05, 0) is 51.8 Å². The van der Waals surface area contributed by atoms with Gasteiger partial charge in [0, 0.05) is 37.1 Å². The van der Waals surface area contributed by atoms with Crippen molar-refractivity contribution >= 4 is 17.9 Å². The Hall–Kier alpha value is -4.09. The summed E-state index contributed by atoms with van der Waals surface area (Å²) >= 11 is 0. The highest BCUT2D eigenvalue weighted by molar-refractivity contribution is 5.80. The fraction of sp³-hybridized carbons (Fsp3) is 0.385. The molecule has 0 unspecified atom stereocenters. The van der Waals surface area contributed by atoms with Gasteiger partial charge in [0.25, 0.3) is 0 Å². The number of fused-ring (bicyclic) bond motifs is 1. The summed E-state index contributed by atoms with van der Waals surface area (Å²) in [7, 11) is 0. The smallest absolute Gasteiger partial charge is 0.416 e. The average Bonchev–Trinajstić information content (AvgIpc) is 3.45. The van der Waals surface area contributed by atoms with Crippen LogP contribution in [0, 0.1) is 0 Å². The van der Waals surface area contributed by atoms with Gasteiger partial charge in [0.15, 0.2) is 0 Å². The van der Waals surface area contributed by atoms with Crippen molar-refractivity contribution in [1.82, 2.24) is 24.3 Å². The maximum atomic E-state index is 13.4. The second kappa shape index (κ2) is 9.66. The lowest BCUT2D eigenvalue weighted by atomic mass is 10.0. The van der Waals surface area contributed by atoms with E-state index in [9.17, 15) is 18.0 Å². The minimum absolute atomic E-state index is 0.0336. The third-order valence-electron chi connectivity index (χ3n) is 6.10. The first-order chi connectivity index (χ1) is 18.0. The van der Waals surface area contributed by atoms with Crippen molar-refractivity contribution in [3.8, 4) is 22.6 Å². The molecular weight excluding hydrogens is 501 g/mol. The lowest BCUT2D eigenvalue weighted by Crippen LogP contribution is -2.44. The predicted molar refractivity (Wildman–Crippen MR) is 133 cm³/mol. The third-order valence-corrected chi connectivity index (χ3v) is 6.10. The molecule has 0 atom stereocenters. The molecule has 38 heavy (non-hydrogen) atoms. The van der Waals surface area contributed by atoms with Gasteiger partial charge in [-0.3, -0.25) is 4.40 Å². The normalized spacial score (nSPS) is 15.2. The van der Waals surface area contributed by atoms with Crippen LogP contribution in [0.4, 0.5) is 23.9 Å². The number of amides is 1. The van der Waals surface area contributed by atoms with Crippen LogP contribution in [-0.4, -0.2) is 55.1 Å². The molecule has 0 bridgehead atoms. The Kier molecular flexibility index (Phi) is 6.49. The van der Waals surface area contributed by atoms with Crippen molar-refractivity contribution in [3.05, 3.63) is 54.6 Å². The lowest BCUT2D eigenvalue weighted by Gasteiger charge is -2.33. The van der Waals surface area contributed by atoms with Crippen LogP contribution < -0.4 is 5.32 Å². The fourth-order valence-electron chi connectivity index (χ4n) is 4.35. The maximum Gasteiger partial charge on any atom is 0.416 e. The van der Waals surface area contributed by atoms with E-state index in [0.29, 0.717) is 49.0 Å². The van der Waals surface area contributed by atoms with Gasteiger partial charge in [-0.1, -0.05) is 12.1 Å². The summed E-state index contributed by atoms with van der Waals surface area (Å²) in [6, 6.07) is 6.70. The van der Waals surface area contributed by atoms with Gasteiger partial charge in [0.1, 0.15) is 23.3 Å². The van der Waals surface area contributed by atoms with Gasteiger partial charge < -0.3 is 19.4 Å². The van der Waals surface area contributed by atoms with Gasteiger partial charge in [-0.25, -0.2) is 14.8 Å². The van der Waals surface area contributed by atoms with Crippen molar-refractivity contribution in [2.24, 2.45) is 0 Å². The number of oxazole rings is 1. The number of ether oxygens (including phenoxy) is 1. The van der Waals surface area contributed by atoms with Gasteiger partial charge >= 0.3 is 18.1 Å². The Bertz CT molecular complexity index is 1450. The van der Waals surface area contributed by atoms with Crippen molar-refractivity contribution in [2.45, 2.75) is 51.4 Å². The lowest BCUT2D eigenvalue weighted by molar-refractivity contribution is -0.137. The highest BCUT2D eigenvalue weighted by Crippen LogP contribution is 2.36. The van der Waals surface area contributed by atoms with E-state index in [4.69, 9.17) is 9.15 Å². The topological polar surface area (TPSA) is 97.8 Å². The molecular formula is C26H27F3N6O3. The summed E-state index contributed by atoms with van der Waals surface area (Å²) in [5.74, 6) is 0.599. The van der Waals surface area contributed by atoms with Crippen molar-refractivity contribution < 1.29 is 27.1 Å². The summed E-state index contributed by atoms with van der Waals surface area (Å²) in [5, 5.41) is 3.32. The number of benzene rings is 1. The van der Waals surface area contributed by atoms with Gasteiger partial charge in [-0.2, -0.15) is 18.2 Å². The van der Waals surface area contributed by atoms with Gasteiger partial charge in [0.2, 0.25) is 5.95 Å². The molecule has 0 aliphatic carbocycles. The summed E-state index contributed by atoms with van der Waals surface area (Å²) in [6.45, 7) is 6.56. The van der Waals surface area contributed by atoms with E-state index in [-0.39, 0.29) is 23.5 Å². The monoisotopic (exact) mass is 528 g/mol. The number of alkyl halides is 3. The van der Waals surface area contributed by atoms with E-state index in [0.717, 1.165) is 12.1 Å². The van der Waals surface area contributed by atoms with Crippen LogP contribution >= 0.6 is 0 Å². The number of piperidine rings is 1. The average molecular weight is 529 g/mol. The number of halogens is 3. The number of imidazole rings is 1. The molecule has 3 aromatic heterocycles. The minimum Gasteiger partial charge on any atom is -0.444 e. The van der Waals surface area contributed by atoms with E-state index < -0.39 is 17.3 Å². The summed E-state index contributed by atoms with van der Waals surface area (Å²) in [6.07, 6.45) is 1.20. The Morgan fingerprint density at radius 1 is 1.13 bits per heavy atom. The first-order valence-electron chi connectivity index (χ1n) is 12.2. The number of hydrogen-bond acceptors (Lipinski definition) is 7. The molecule has 5 rings (SSSR count). The van der Waals surface area contributed by atoms with Crippen LogP contribution in [0.1, 0.15) is 39.2 Å². The molecule has 0 spiro atoms. The molecule has 0 saturated carbocycles. The zero-order valence-electron chi connectivity index (χ0n) is 21.1. The minimum atomic E-state index is -4.49. The molecule has 1 aliphatic heterocycles. The molecule has 1 fully saturated rings. The molecule has 0 radical (unpaired) electrons. The SMILES string of the molecule is CC(C)(C)OC(=O)N1CCC(Nc2nccc(-c3c(-c4cccc(C(F)(F)F)c4)nc4occn34)n2)CC1. The molecule has 9 nitrogen and oxygen atoms in total. The molecule has 1 amide bonds. The van der Waals surface area contributed by atoms with Crippen LogP contribution in [0.3, 0.4) is 0 Å². The van der Waals surface area contributed by atoms with Crippen molar-refractivity contribution in [1.29, 1.82) is 0 Å². The van der Waals surface area contributed by atoms with Crippen LogP contribution in [0.5, 0.6) is 0 Å². The highest BCUT2D eigenvalue weighted by Gasteiger charge is 2.31. The molecule has 4 aromatic rings. The van der Waals surface area contributed by atoms with E-state index >= 15 is 0 Å². The van der Waals surface area contributed by atoms with Gasteiger partial charge in [-0.15, -0.1) is 0 Å². The number of carbonyl (C=O) groups excluding carboxylic acids is 1. The number of carbonyl (C=O) groups is 1. The molecule has 12 heteroatoms. The summed E-state index contributed by atoms with van der Waals surface area (Å²) in [5.41, 5.74) is 0.227. The molecule has 1 aromatic carbocycles. The van der Waals surface area contributed by atoms with E-state index in [2.05, 4.69) is 20.3 Å². The molecule has 200 valence electrons. The fourth-order valence-corrected chi connectivity index (χ4v) is 4.35. The van der Waals surface area contributed by atoms with Crippen molar-refractivity contribution in [2.75, 3.05) is 18.4 Å². The van der Waals surface area contributed by atoms with Crippen LogP contribution in [0.2, 0.25) is 0 Å². The number of nitrogens with zero attached hydrogens (tertiary/aromatic N) is 5. The number of nitrogens with one attached hydrogen (secondary N) is 1. The number of likely N-dealkylation sites (tertiary alicyclic amines) is 1. The first-order valence-corrected chi connectivity index (χ1v) is 12.2. The molecule has 4 heterocycles. The zero-order chi connectivity index (χ0) is 27.1.